The SMILES string of the molecule is C#CC1(N2CCC(n3c(=O)[nH]c4ccccc43)CC2)CCCCC1.Cl. The zero-order valence-corrected chi connectivity index (χ0v) is 15.4. The first-order valence-corrected chi connectivity index (χ1v) is 9.16. The summed E-state index contributed by atoms with van der Waals surface area (Å²) in [6.07, 6.45) is 14.0. The van der Waals surface area contributed by atoms with Crippen LogP contribution in [0.25, 0.3) is 11.0 Å². The van der Waals surface area contributed by atoms with Gasteiger partial charge in [-0.05, 0) is 37.8 Å². The number of hydrogen-bond acceptors (Lipinski definition) is 2. The lowest BCUT2D eigenvalue weighted by Crippen LogP contribution is -2.52. The number of likely N-dealkylation sites (tertiary alicyclic amines) is 1. The Morgan fingerprint density at radius 3 is 2.48 bits per heavy atom. The highest BCUT2D eigenvalue weighted by atomic mass is 35.5. The van der Waals surface area contributed by atoms with Crippen LogP contribution >= 0.6 is 12.4 Å². The van der Waals surface area contributed by atoms with E-state index >= 15 is 0 Å². The topological polar surface area (TPSA) is 41.0 Å². The molecule has 1 aliphatic heterocycles. The number of nitrogens with zero attached hydrogens (tertiary/aromatic N) is 2. The standard InChI is InChI=1S/C20H25N3O.ClH/c1-2-20(12-6-3-7-13-20)22-14-10-16(11-15-22)23-18-9-5-4-8-17(18)21-19(23)24;/h1,4-5,8-9,16H,3,6-7,10-15H2,(H,21,24);1H. The summed E-state index contributed by atoms with van der Waals surface area (Å²) < 4.78 is 1.95. The van der Waals surface area contributed by atoms with Gasteiger partial charge in [0.25, 0.3) is 0 Å². The number of terminal acetylenes is 1. The summed E-state index contributed by atoms with van der Waals surface area (Å²) in [7, 11) is 0. The summed E-state index contributed by atoms with van der Waals surface area (Å²) in [6, 6.07) is 8.23. The number of benzene rings is 1. The zero-order valence-electron chi connectivity index (χ0n) is 14.5. The molecule has 1 aliphatic carbocycles. The Hall–Kier alpha value is -1.70. The smallest absolute Gasteiger partial charge is 0.306 e. The van der Waals surface area contributed by atoms with E-state index < -0.39 is 0 Å². The number of imidazole rings is 1. The number of fused-ring (bicyclic) bond motifs is 1. The molecule has 134 valence electrons. The predicted molar refractivity (Wildman–Crippen MR) is 104 cm³/mol. The van der Waals surface area contributed by atoms with Gasteiger partial charge in [-0.25, -0.2) is 4.79 Å². The minimum Gasteiger partial charge on any atom is -0.306 e. The van der Waals surface area contributed by atoms with E-state index in [4.69, 9.17) is 6.42 Å². The molecule has 2 heterocycles. The fraction of sp³-hybridized carbons (Fsp3) is 0.550. The van der Waals surface area contributed by atoms with Gasteiger partial charge in [0.2, 0.25) is 0 Å². The van der Waals surface area contributed by atoms with E-state index in [9.17, 15) is 4.79 Å². The van der Waals surface area contributed by atoms with Crippen LogP contribution < -0.4 is 5.69 Å². The lowest BCUT2D eigenvalue weighted by atomic mass is 9.79. The number of nitrogens with one attached hydrogen (secondary N) is 1. The molecule has 1 saturated heterocycles. The van der Waals surface area contributed by atoms with Crippen LogP contribution in [0.5, 0.6) is 0 Å². The maximum absolute atomic E-state index is 12.4. The molecule has 4 nitrogen and oxygen atoms in total. The average Bonchev–Trinajstić information content (AvgIpc) is 2.98. The van der Waals surface area contributed by atoms with E-state index in [1.807, 2.05) is 28.8 Å². The van der Waals surface area contributed by atoms with Crippen molar-refractivity contribution in [3.8, 4) is 12.3 Å². The van der Waals surface area contributed by atoms with Crippen molar-refractivity contribution in [1.82, 2.24) is 14.5 Å². The fourth-order valence-electron chi connectivity index (χ4n) is 4.68. The molecule has 0 bridgehead atoms. The third kappa shape index (κ3) is 3.12. The molecule has 1 saturated carbocycles. The molecule has 0 spiro atoms. The lowest BCUT2D eigenvalue weighted by molar-refractivity contribution is 0.0639. The van der Waals surface area contributed by atoms with Crippen molar-refractivity contribution in [3.63, 3.8) is 0 Å². The van der Waals surface area contributed by atoms with Crippen LogP contribution in [0.4, 0.5) is 0 Å². The second kappa shape index (κ2) is 7.27. The van der Waals surface area contributed by atoms with E-state index in [1.54, 1.807) is 0 Å². The number of rotatable bonds is 2. The van der Waals surface area contributed by atoms with Crippen molar-refractivity contribution in [3.05, 3.63) is 34.7 Å². The van der Waals surface area contributed by atoms with Crippen LogP contribution in [0.15, 0.2) is 29.1 Å². The minimum absolute atomic E-state index is 0. The third-order valence-corrected chi connectivity index (χ3v) is 6.01. The molecule has 0 amide bonds. The predicted octanol–water partition coefficient (Wildman–Crippen LogP) is 3.72. The van der Waals surface area contributed by atoms with Gasteiger partial charge >= 0.3 is 5.69 Å². The first-order valence-electron chi connectivity index (χ1n) is 9.16. The van der Waals surface area contributed by atoms with Gasteiger partial charge < -0.3 is 4.98 Å². The minimum atomic E-state index is -0.0333. The summed E-state index contributed by atoms with van der Waals surface area (Å²) >= 11 is 0. The van der Waals surface area contributed by atoms with Gasteiger partial charge in [0.05, 0.1) is 16.6 Å². The number of aromatic amines is 1. The molecule has 0 unspecified atom stereocenters. The first kappa shape index (κ1) is 18.1. The molecule has 1 aromatic heterocycles. The normalized spacial score (nSPS) is 21.6. The molecule has 0 radical (unpaired) electrons. The number of para-hydroxylation sites is 2. The highest BCUT2D eigenvalue weighted by Gasteiger charge is 2.38. The van der Waals surface area contributed by atoms with Crippen molar-refractivity contribution in [2.75, 3.05) is 13.1 Å². The van der Waals surface area contributed by atoms with E-state index in [0.717, 1.165) is 49.8 Å². The fourth-order valence-corrected chi connectivity index (χ4v) is 4.68. The van der Waals surface area contributed by atoms with Crippen LogP contribution in [-0.2, 0) is 0 Å². The Kier molecular flexibility index (Phi) is 5.27. The first-order chi connectivity index (χ1) is 11.7. The molecule has 2 fully saturated rings. The highest BCUT2D eigenvalue weighted by molar-refractivity contribution is 5.85. The number of H-pyrrole nitrogens is 1. The van der Waals surface area contributed by atoms with Crippen LogP contribution in [0.2, 0.25) is 0 Å². The Morgan fingerprint density at radius 1 is 1.12 bits per heavy atom. The number of aromatic nitrogens is 2. The zero-order chi connectivity index (χ0) is 16.6. The summed E-state index contributed by atoms with van der Waals surface area (Å²) in [5, 5.41) is 0. The summed E-state index contributed by atoms with van der Waals surface area (Å²) in [5.41, 5.74) is 1.93. The van der Waals surface area contributed by atoms with E-state index in [0.29, 0.717) is 0 Å². The second-order valence-corrected chi connectivity index (χ2v) is 7.27. The van der Waals surface area contributed by atoms with Crippen molar-refractivity contribution >= 4 is 23.4 Å². The Bertz CT molecular complexity index is 817. The molecular weight excluding hydrogens is 334 g/mol. The average molecular weight is 360 g/mol. The van der Waals surface area contributed by atoms with Crippen molar-refractivity contribution < 1.29 is 0 Å². The summed E-state index contributed by atoms with van der Waals surface area (Å²) in [4.78, 5) is 17.9. The van der Waals surface area contributed by atoms with Gasteiger partial charge in [0, 0.05) is 19.1 Å². The van der Waals surface area contributed by atoms with Gasteiger partial charge in [-0.3, -0.25) is 9.47 Å². The second-order valence-electron chi connectivity index (χ2n) is 7.27. The third-order valence-electron chi connectivity index (χ3n) is 6.01. The maximum Gasteiger partial charge on any atom is 0.326 e. The van der Waals surface area contributed by atoms with Crippen molar-refractivity contribution in [1.29, 1.82) is 0 Å². The summed E-state index contributed by atoms with van der Waals surface area (Å²) in [6.45, 7) is 1.97. The number of piperidine rings is 1. The Morgan fingerprint density at radius 2 is 1.80 bits per heavy atom. The van der Waals surface area contributed by atoms with E-state index in [-0.39, 0.29) is 29.7 Å². The molecular formula is C20H26ClN3O. The van der Waals surface area contributed by atoms with Gasteiger partial charge in [-0.15, -0.1) is 18.8 Å². The number of hydrogen-bond donors (Lipinski definition) is 1. The Labute approximate surface area is 155 Å². The molecule has 5 heteroatoms. The quantitative estimate of drug-likeness (QED) is 0.830. The van der Waals surface area contributed by atoms with Crippen LogP contribution in [0.1, 0.15) is 51.0 Å². The molecule has 2 aliphatic rings. The van der Waals surface area contributed by atoms with Crippen LogP contribution in [0, 0.1) is 12.3 Å². The molecule has 1 N–H and O–H groups in total. The molecule has 1 aromatic carbocycles. The monoisotopic (exact) mass is 359 g/mol. The molecule has 4 rings (SSSR count). The van der Waals surface area contributed by atoms with Crippen molar-refractivity contribution in [2.45, 2.75) is 56.5 Å². The van der Waals surface area contributed by atoms with E-state index in [2.05, 4.69) is 15.8 Å². The maximum atomic E-state index is 12.4. The lowest BCUT2D eigenvalue weighted by Gasteiger charge is -2.46. The van der Waals surface area contributed by atoms with E-state index in [1.165, 1.54) is 19.3 Å². The molecule has 0 atom stereocenters. The van der Waals surface area contributed by atoms with Gasteiger partial charge in [0.1, 0.15) is 0 Å². The molecule has 2 aromatic rings. The van der Waals surface area contributed by atoms with Gasteiger partial charge in [-0.1, -0.05) is 37.3 Å². The largest absolute Gasteiger partial charge is 0.326 e. The van der Waals surface area contributed by atoms with Crippen molar-refractivity contribution in [2.24, 2.45) is 0 Å². The Balaban J connectivity index is 0.00000182. The van der Waals surface area contributed by atoms with Crippen LogP contribution in [0.3, 0.4) is 0 Å². The highest BCUT2D eigenvalue weighted by Crippen LogP contribution is 2.36. The van der Waals surface area contributed by atoms with Gasteiger partial charge in [-0.2, -0.15) is 0 Å². The number of halogens is 1. The summed E-state index contributed by atoms with van der Waals surface area (Å²) in [5.74, 6) is 3.13. The van der Waals surface area contributed by atoms with Crippen LogP contribution in [-0.4, -0.2) is 33.1 Å². The molecule has 25 heavy (non-hydrogen) atoms. The van der Waals surface area contributed by atoms with Gasteiger partial charge in [0.15, 0.2) is 0 Å².